The Kier molecular flexibility index (Phi) is 2.67. The number of nitrogens with one attached hydrogen (secondary N) is 1. The Morgan fingerprint density at radius 2 is 2.00 bits per heavy atom. The van der Waals surface area contributed by atoms with E-state index in [4.69, 9.17) is 0 Å². The van der Waals surface area contributed by atoms with E-state index in [0.717, 1.165) is 11.3 Å². The summed E-state index contributed by atoms with van der Waals surface area (Å²) in [6.07, 6.45) is 0.524. The highest BCUT2D eigenvalue weighted by Crippen LogP contribution is 2.12. The molecule has 0 atom stereocenters. The number of nitrogens with zero attached hydrogens (tertiary/aromatic N) is 3. The molecule has 0 saturated heterocycles. The smallest absolute Gasteiger partial charge is 0.270 e. The minimum Gasteiger partial charge on any atom is -0.316 e. The summed E-state index contributed by atoms with van der Waals surface area (Å²) in [4.78, 5) is 19.4. The number of aromatic nitrogens is 4. The van der Waals surface area contributed by atoms with Crippen LogP contribution in [0, 0.1) is 6.92 Å². The molecule has 0 fully saturated rings. The van der Waals surface area contributed by atoms with Gasteiger partial charge in [-0.2, -0.15) is 5.10 Å². The summed E-state index contributed by atoms with van der Waals surface area (Å²) in [7, 11) is 1.83. The topological polar surface area (TPSA) is 63.6 Å². The summed E-state index contributed by atoms with van der Waals surface area (Å²) < 4.78 is 1.69. The van der Waals surface area contributed by atoms with Crippen LogP contribution in [0.5, 0.6) is 0 Å². The summed E-state index contributed by atoms with van der Waals surface area (Å²) in [5.74, 6) is 0. The Morgan fingerprint density at radius 3 is 2.74 bits per heavy atom. The van der Waals surface area contributed by atoms with E-state index in [2.05, 4.69) is 15.1 Å². The zero-order valence-electron chi connectivity index (χ0n) is 10.8. The van der Waals surface area contributed by atoms with Crippen molar-refractivity contribution in [1.29, 1.82) is 0 Å². The molecule has 0 aliphatic rings. The quantitative estimate of drug-likeness (QED) is 0.754. The van der Waals surface area contributed by atoms with Gasteiger partial charge in [-0.05, 0) is 12.5 Å². The van der Waals surface area contributed by atoms with Gasteiger partial charge in [0.2, 0.25) is 0 Å². The first-order valence-corrected chi connectivity index (χ1v) is 6.11. The molecular weight excluding hydrogens is 240 g/mol. The second-order valence-electron chi connectivity index (χ2n) is 4.58. The van der Waals surface area contributed by atoms with Gasteiger partial charge in [-0.3, -0.25) is 4.79 Å². The fraction of sp³-hybridized carbons (Fsp3) is 0.214. The van der Waals surface area contributed by atoms with Crippen molar-refractivity contribution >= 4 is 11.2 Å². The van der Waals surface area contributed by atoms with E-state index in [0.29, 0.717) is 23.3 Å². The molecule has 96 valence electrons. The molecule has 2 aromatic heterocycles. The molecule has 2 heterocycles. The molecule has 0 unspecified atom stereocenters. The predicted octanol–water partition coefficient (Wildman–Crippen LogP) is 1.56. The molecule has 5 nitrogen and oxygen atoms in total. The third-order valence-corrected chi connectivity index (χ3v) is 3.15. The summed E-state index contributed by atoms with van der Waals surface area (Å²) in [6, 6.07) is 9.83. The van der Waals surface area contributed by atoms with E-state index in [-0.39, 0.29) is 5.56 Å². The van der Waals surface area contributed by atoms with Crippen molar-refractivity contribution in [2.24, 2.45) is 7.05 Å². The van der Waals surface area contributed by atoms with Gasteiger partial charge in [0.1, 0.15) is 11.2 Å². The molecular formula is C14H14N4O. The lowest BCUT2D eigenvalue weighted by Gasteiger charge is -2.01. The largest absolute Gasteiger partial charge is 0.316 e. The second kappa shape index (κ2) is 4.35. The molecule has 0 saturated carbocycles. The van der Waals surface area contributed by atoms with Gasteiger partial charge in [0, 0.05) is 13.5 Å². The van der Waals surface area contributed by atoms with Gasteiger partial charge in [0.05, 0.1) is 5.69 Å². The monoisotopic (exact) mass is 254 g/mol. The maximum absolute atomic E-state index is 12.0. The van der Waals surface area contributed by atoms with Crippen LogP contribution >= 0.6 is 0 Å². The third kappa shape index (κ3) is 2.03. The van der Waals surface area contributed by atoms with Crippen LogP contribution < -0.4 is 5.56 Å². The first kappa shape index (κ1) is 11.6. The lowest BCUT2D eigenvalue weighted by Crippen LogP contribution is -2.16. The lowest BCUT2D eigenvalue weighted by atomic mass is 10.1. The first-order valence-electron chi connectivity index (χ1n) is 6.11. The van der Waals surface area contributed by atoms with Gasteiger partial charge in [0.15, 0.2) is 5.65 Å². The van der Waals surface area contributed by atoms with Gasteiger partial charge < -0.3 is 4.98 Å². The van der Waals surface area contributed by atoms with Crippen LogP contribution in [0.3, 0.4) is 0 Å². The normalized spacial score (nSPS) is 11.1. The molecule has 0 bridgehead atoms. The summed E-state index contributed by atoms with van der Waals surface area (Å²) in [5, 5.41) is 4.26. The molecule has 0 radical (unpaired) electrons. The van der Waals surface area contributed by atoms with E-state index < -0.39 is 0 Å². The van der Waals surface area contributed by atoms with Crippen LogP contribution in [0.4, 0.5) is 0 Å². The molecule has 1 N–H and O–H groups in total. The molecule has 19 heavy (non-hydrogen) atoms. The Labute approximate surface area is 109 Å². The number of rotatable bonds is 2. The van der Waals surface area contributed by atoms with Crippen molar-refractivity contribution in [2.75, 3.05) is 0 Å². The minimum absolute atomic E-state index is 0.146. The molecule has 0 aliphatic carbocycles. The van der Waals surface area contributed by atoms with Gasteiger partial charge in [-0.1, -0.05) is 30.3 Å². The van der Waals surface area contributed by atoms with Crippen LogP contribution in [0.25, 0.3) is 11.2 Å². The van der Waals surface area contributed by atoms with Crippen molar-refractivity contribution in [3.05, 3.63) is 57.6 Å². The number of aryl methyl sites for hydroxylation is 2. The fourth-order valence-corrected chi connectivity index (χ4v) is 2.19. The van der Waals surface area contributed by atoms with Crippen molar-refractivity contribution in [1.82, 2.24) is 19.7 Å². The second-order valence-corrected chi connectivity index (χ2v) is 4.58. The maximum Gasteiger partial charge on any atom is 0.270 e. The lowest BCUT2D eigenvalue weighted by molar-refractivity contribution is 0.770. The predicted molar refractivity (Wildman–Crippen MR) is 73.1 cm³/mol. The van der Waals surface area contributed by atoms with Crippen LogP contribution in [0.2, 0.25) is 0 Å². The third-order valence-electron chi connectivity index (χ3n) is 3.15. The zero-order chi connectivity index (χ0) is 13.4. The van der Waals surface area contributed by atoms with Crippen molar-refractivity contribution in [3.63, 3.8) is 0 Å². The van der Waals surface area contributed by atoms with E-state index >= 15 is 0 Å². The number of benzene rings is 1. The van der Waals surface area contributed by atoms with E-state index in [1.165, 1.54) is 0 Å². The van der Waals surface area contributed by atoms with E-state index in [9.17, 15) is 4.79 Å². The van der Waals surface area contributed by atoms with Gasteiger partial charge in [0.25, 0.3) is 5.56 Å². The van der Waals surface area contributed by atoms with Gasteiger partial charge in [-0.15, -0.1) is 0 Å². The van der Waals surface area contributed by atoms with Crippen LogP contribution in [0.15, 0.2) is 35.1 Å². The summed E-state index contributed by atoms with van der Waals surface area (Å²) in [5.41, 5.74) is 3.65. The van der Waals surface area contributed by atoms with Crippen LogP contribution in [-0.4, -0.2) is 19.7 Å². The number of fused-ring (bicyclic) bond motifs is 1. The Hall–Kier alpha value is -2.43. The summed E-state index contributed by atoms with van der Waals surface area (Å²) >= 11 is 0. The average molecular weight is 254 g/mol. The fourth-order valence-electron chi connectivity index (χ4n) is 2.19. The summed E-state index contributed by atoms with van der Waals surface area (Å²) in [6.45, 7) is 1.86. The zero-order valence-corrected chi connectivity index (χ0v) is 10.8. The SMILES string of the molecule is Cc1nn(C)c2nc(Cc3ccccc3)c(=O)[nH]c12. The Bertz CT molecular complexity index is 786. The molecule has 0 amide bonds. The van der Waals surface area contributed by atoms with Crippen molar-refractivity contribution in [2.45, 2.75) is 13.3 Å². The molecule has 1 aromatic carbocycles. The van der Waals surface area contributed by atoms with Gasteiger partial charge in [-0.25, -0.2) is 9.67 Å². The van der Waals surface area contributed by atoms with E-state index in [1.54, 1.807) is 4.68 Å². The molecule has 0 spiro atoms. The van der Waals surface area contributed by atoms with E-state index in [1.807, 2.05) is 44.3 Å². The molecule has 5 heteroatoms. The number of hydrogen-bond acceptors (Lipinski definition) is 3. The van der Waals surface area contributed by atoms with Gasteiger partial charge >= 0.3 is 0 Å². The Balaban J connectivity index is 2.12. The number of aromatic amines is 1. The molecule has 3 aromatic rings. The highest BCUT2D eigenvalue weighted by molar-refractivity contribution is 5.72. The highest BCUT2D eigenvalue weighted by Gasteiger charge is 2.11. The minimum atomic E-state index is -0.146. The van der Waals surface area contributed by atoms with Crippen LogP contribution in [0.1, 0.15) is 17.0 Å². The number of H-pyrrole nitrogens is 1. The standard InChI is InChI=1S/C14H14N4O/c1-9-12-13(18(2)17-9)15-11(14(19)16-12)8-10-6-4-3-5-7-10/h3-7H,8H2,1-2H3,(H,16,19). The maximum atomic E-state index is 12.0. The number of hydrogen-bond donors (Lipinski definition) is 1. The Morgan fingerprint density at radius 1 is 1.26 bits per heavy atom. The molecule has 3 rings (SSSR count). The average Bonchev–Trinajstić information content (AvgIpc) is 2.67. The first-order chi connectivity index (χ1) is 9.15. The van der Waals surface area contributed by atoms with Crippen LogP contribution in [-0.2, 0) is 13.5 Å². The van der Waals surface area contributed by atoms with Crippen molar-refractivity contribution in [3.8, 4) is 0 Å². The van der Waals surface area contributed by atoms with Crippen molar-refractivity contribution < 1.29 is 0 Å². The molecule has 0 aliphatic heterocycles. The highest BCUT2D eigenvalue weighted by atomic mass is 16.1.